The molecule has 0 saturated heterocycles. The summed E-state index contributed by atoms with van der Waals surface area (Å²) in [5.41, 5.74) is 0.0699. The first-order valence-electron chi connectivity index (χ1n) is 5.75. The van der Waals surface area contributed by atoms with E-state index in [9.17, 15) is 9.59 Å². The summed E-state index contributed by atoms with van der Waals surface area (Å²) in [6.45, 7) is 1.99. The molecule has 0 aliphatic carbocycles. The lowest BCUT2D eigenvalue weighted by atomic mass is 10.1. The molecule has 1 atom stereocenters. The Bertz CT molecular complexity index is 480. The molecule has 0 fully saturated rings. The first-order chi connectivity index (χ1) is 8.91. The lowest BCUT2D eigenvalue weighted by Crippen LogP contribution is -2.26. The normalized spacial score (nSPS) is 11.9. The highest BCUT2D eigenvalue weighted by atomic mass is 35.5. The maximum atomic E-state index is 11.8. The number of carbonyl (C=O) groups is 2. The molecule has 0 saturated carbocycles. The van der Waals surface area contributed by atoms with Gasteiger partial charge < -0.3 is 10.4 Å². The van der Waals surface area contributed by atoms with E-state index in [0.717, 1.165) is 0 Å². The third-order valence-corrected chi connectivity index (χ3v) is 3.06. The summed E-state index contributed by atoms with van der Waals surface area (Å²) in [5, 5.41) is 11.7. The van der Waals surface area contributed by atoms with E-state index < -0.39 is 17.8 Å². The molecular weight excluding hydrogens is 291 g/mol. The zero-order chi connectivity index (χ0) is 14.4. The molecule has 0 aliphatic rings. The summed E-state index contributed by atoms with van der Waals surface area (Å²) in [7, 11) is 0. The standard InChI is InChI=1S/C12H14Cl2N2O3/c1-7(12(18)19)3-2-6-15-11(17)10-8(13)4-5-9(14)16-10/h4-5,7H,2-3,6H2,1H3,(H,15,17)(H,18,19). The first-order valence-corrected chi connectivity index (χ1v) is 6.50. The van der Waals surface area contributed by atoms with E-state index in [1.54, 1.807) is 6.92 Å². The van der Waals surface area contributed by atoms with Crippen molar-refractivity contribution in [1.82, 2.24) is 10.3 Å². The zero-order valence-corrected chi connectivity index (χ0v) is 11.8. The second-order valence-electron chi connectivity index (χ2n) is 4.10. The zero-order valence-electron chi connectivity index (χ0n) is 10.3. The van der Waals surface area contributed by atoms with Crippen molar-refractivity contribution in [1.29, 1.82) is 0 Å². The fourth-order valence-electron chi connectivity index (χ4n) is 1.39. The number of hydrogen-bond donors (Lipinski definition) is 2. The molecule has 1 heterocycles. The molecule has 0 aromatic carbocycles. The van der Waals surface area contributed by atoms with Gasteiger partial charge in [0, 0.05) is 6.54 Å². The van der Waals surface area contributed by atoms with Crippen molar-refractivity contribution >= 4 is 35.1 Å². The minimum Gasteiger partial charge on any atom is -0.481 e. The van der Waals surface area contributed by atoms with Crippen molar-refractivity contribution in [3.8, 4) is 0 Å². The van der Waals surface area contributed by atoms with Crippen molar-refractivity contribution in [2.75, 3.05) is 6.54 Å². The number of aliphatic carboxylic acids is 1. The number of carbonyl (C=O) groups excluding carboxylic acids is 1. The summed E-state index contributed by atoms with van der Waals surface area (Å²) >= 11 is 11.5. The van der Waals surface area contributed by atoms with Gasteiger partial charge in [-0.25, -0.2) is 4.98 Å². The van der Waals surface area contributed by atoms with Gasteiger partial charge in [0.1, 0.15) is 10.8 Å². The predicted octanol–water partition coefficient (Wildman–Crippen LogP) is 2.62. The SMILES string of the molecule is CC(CCCNC(=O)c1nc(Cl)ccc1Cl)C(=O)O. The van der Waals surface area contributed by atoms with E-state index in [4.69, 9.17) is 28.3 Å². The fraction of sp³-hybridized carbons (Fsp3) is 0.417. The summed E-state index contributed by atoms with van der Waals surface area (Å²) < 4.78 is 0. The molecule has 1 aromatic rings. The van der Waals surface area contributed by atoms with E-state index in [0.29, 0.717) is 19.4 Å². The van der Waals surface area contributed by atoms with Crippen LogP contribution < -0.4 is 5.32 Å². The van der Waals surface area contributed by atoms with E-state index in [1.165, 1.54) is 12.1 Å². The van der Waals surface area contributed by atoms with Crippen LogP contribution in [0.5, 0.6) is 0 Å². The van der Waals surface area contributed by atoms with E-state index >= 15 is 0 Å². The number of carboxylic acid groups (broad SMARTS) is 1. The third kappa shape index (κ3) is 5.04. The Hall–Kier alpha value is -1.33. The summed E-state index contributed by atoms with van der Waals surface area (Å²) in [6.07, 6.45) is 1.06. The van der Waals surface area contributed by atoms with Crippen LogP contribution in [0.4, 0.5) is 0 Å². The van der Waals surface area contributed by atoms with Gasteiger partial charge in [-0.05, 0) is 25.0 Å². The van der Waals surface area contributed by atoms with Gasteiger partial charge in [0.25, 0.3) is 5.91 Å². The third-order valence-electron chi connectivity index (χ3n) is 2.55. The number of nitrogens with one attached hydrogen (secondary N) is 1. The Morgan fingerprint density at radius 1 is 1.42 bits per heavy atom. The number of carboxylic acids is 1. The van der Waals surface area contributed by atoms with Gasteiger partial charge in [-0.2, -0.15) is 0 Å². The van der Waals surface area contributed by atoms with E-state index in [1.807, 2.05) is 0 Å². The molecule has 104 valence electrons. The van der Waals surface area contributed by atoms with Crippen LogP contribution in [0.15, 0.2) is 12.1 Å². The van der Waals surface area contributed by atoms with Crippen molar-refractivity contribution in [3.63, 3.8) is 0 Å². The average molecular weight is 305 g/mol. The Morgan fingerprint density at radius 2 is 2.11 bits per heavy atom. The molecule has 1 aromatic heterocycles. The second kappa shape index (κ2) is 7.31. The van der Waals surface area contributed by atoms with Gasteiger partial charge in [-0.3, -0.25) is 9.59 Å². The number of rotatable bonds is 6. The van der Waals surface area contributed by atoms with Gasteiger partial charge in [-0.15, -0.1) is 0 Å². The van der Waals surface area contributed by atoms with Gasteiger partial charge in [-0.1, -0.05) is 30.1 Å². The monoisotopic (exact) mass is 304 g/mol. The van der Waals surface area contributed by atoms with Crippen LogP contribution in [0.2, 0.25) is 10.2 Å². The molecule has 1 rings (SSSR count). The second-order valence-corrected chi connectivity index (χ2v) is 4.90. The fourth-order valence-corrected chi connectivity index (χ4v) is 1.73. The molecule has 5 nitrogen and oxygen atoms in total. The van der Waals surface area contributed by atoms with Gasteiger partial charge in [0.15, 0.2) is 0 Å². The van der Waals surface area contributed by atoms with Gasteiger partial charge >= 0.3 is 5.97 Å². The quantitative estimate of drug-likeness (QED) is 0.625. The molecule has 0 bridgehead atoms. The Kier molecular flexibility index (Phi) is 6.05. The number of hydrogen-bond acceptors (Lipinski definition) is 3. The van der Waals surface area contributed by atoms with Crippen LogP contribution in [0.1, 0.15) is 30.3 Å². The maximum absolute atomic E-state index is 11.8. The summed E-state index contributed by atoms with van der Waals surface area (Å²) in [4.78, 5) is 26.2. The molecule has 0 aliphatic heterocycles. The highest BCUT2D eigenvalue weighted by Gasteiger charge is 2.13. The van der Waals surface area contributed by atoms with E-state index in [2.05, 4.69) is 10.3 Å². The van der Waals surface area contributed by atoms with Crippen molar-refractivity contribution in [2.24, 2.45) is 5.92 Å². The summed E-state index contributed by atoms with van der Waals surface area (Å²) in [6, 6.07) is 2.99. The maximum Gasteiger partial charge on any atom is 0.306 e. The minimum absolute atomic E-state index is 0.0699. The van der Waals surface area contributed by atoms with Crippen LogP contribution in [0.3, 0.4) is 0 Å². The van der Waals surface area contributed by atoms with Gasteiger partial charge in [0.05, 0.1) is 10.9 Å². The molecule has 2 N–H and O–H groups in total. The van der Waals surface area contributed by atoms with Crippen molar-refractivity contribution in [2.45, 2.75) is 19.8 Å². The lowest BCUT2D eigenvalue weighted by Gasteiger charge is -2.08. The highest BCUT2D eigenvalue weighted by Crippen LogP contribution is 2.16. The Balaban J connectivity index is 2.43. The smallest absolute Gasteiger partial charge is 0.306 e. The van der Waals surface area contributed by atoms with Crippen molar-refractivity contribution in [3.05, 3.63) is 28.0 Å². The Labute approximate surface area is 120 Å². The van der Waals surface area contributed by atoms with Crippen molar-refractivity contribution < 1.29 is 14.7 Å². The molecule has 0 radical (unpaired) electrons. The van der Waals surface area contributed by atoms with Crippen LogP contribution in [-0.2, 0) is 4.79 Å². The highest BCUT2D eigenvalue weighted by molar-refractivity contribution is 6.34. The van der Waals surface area contributed by atoms with Crippen LogP contribution >= 0.6 is 23.2 Å². The molecule has 1 unspecified atom stereocenters. The molecule has 7 heteroatoms. The molecule has 19 heavy (non-hydrogen) atoms. The van der Waals surface area contributed by atoms with Gasteiger partial charge in [0.2, 0.25) is 0 Å². The molecule has 0 spiro atoms. The predicted molar refractivity (Wildman–Crippen MR) is 72.6 cm³/mol. The molecule has 1 amide bonds. The number of halogens is 2. The van der Waals surface area contributed by atoms with Crippen LogP contribution in [0.25, 0.3) is 0 Å². The topological polar surface area (TPSA) is 79.3 Å². The molecular formula is C12H14Cl2N2O3. The average Bonchev–Trinajstić information content (AvgIpc) is 2.36. The Morgan fingerprint density at radius 3 is 2.74 bits per heavy atom. The summed E-state index contributed by atoms with van der Waals surface area (Å²) in [5.74, 6) is -1.69. The number of amides is 1. The van der Waals surface area contributed by atoms with Crippen LogP contribution in [-0.4, -0.2) is 28.5 Å². The van der Waals surface area contributed by atoms with Crippen LogP contribution in [0, 0.1) is 5.92 Å². The first kappa shape index (κ1) is 15.7. The number of pyridine rings is 1. The van der Waals surface area contributed by atoms with E-state index in [-0.39, 0.29) is 15.9 Å². The minimum atomic E-state index is -0.842. The lowest BCUT2D eigenvalue weighted by molar-refractivity contribution is -0.141. The number of aromatic nitrogens is 1. The largest absolute Gasteiger partial charge is 0.481 e. The number of nitrogens with zero attached hydrogens (tertiary/aromatic N) is 1.